The molecule has 10 nitrogen and oxygen atoms in total. The molecule has 0 amide bonds. The van der Waals surface area contributed by atoms with Crippen molar-refractivity contribution in [2.45, 2.75) is 6.92 Å². The van der Waals surface area contributed by atoms with E-state index in [0.29, 0.717) is 0 Å². The topological polar surface area (TPSA) is 141 Å². The van der Waals surface area contributed by atoms with Crippen LogP contribution in [-0.4, -0.2) is 19.4 Å². The molecule has 108 valence electrons. The van der Waals surface area contributed by atoms with Crippen LogP contribution in [0, 0.1) is 27.2 Å². The second-order valence-electron chi connectivity index (χ2n) is 4.13. The summed E-state index contributed by atoms with van der Waals surface area (Å²) in [6, 6.07) is 2.87. The summed E-state index contributed by atoms with van der Waals surface area (Å²) in [5, 5.41) is 21.7. The van der Waals surface area contributed by atoms with E-state index in [-0.39, 0.29) is 11.3 Å². The molecule has 0 radical (unpaired) electrons. The summed E-state index contributed by atoms with van der Waals surface area (Å²) < 4.78 is 0.860. The van der Waals surface area contributed by atoms with Crippen molar-refractivity contribution in [3.05, 3.63) is 71.0 Å². The standard InChI is InChI=1S/C11H8N4O6/c1-6-5-13(11(17)12-10(6)16)8-3-2-7(14(18)19)4-9(8)15(20)21/h2-5H,1H3,(H,12,16,17). The fourth-order valence-electron chi connectivity index (χ4n) is 1.72. The Morgan fingerprint density at radius 2 is 1.81 bits per heavy atom. The van der Waals surface area contributed by atoms with Crippen LogP contribution in [0.4, 0.5) is 11.4 Å². The van der Waals surface area contributed by atoms with Gasteiger partial charge in [0.1, 0.15) is 5.69 Å². The minimum atomic E-state index is -0.873. The first-order valence-electron chi connectivity index (χ1n) is 5.57. The first-order valence-corrected chi connectivity index (χ1v) is 5.57. The van der Waals surface area contributed by atoms with Gasteiger partial charge in [-0.2, -0.15) is 0 Å². The molecule has 0 fully saturated rings. The molecular weight excluding hydrogens is 284 g/mol. The lowest BCUT2D eigenvalue weighted by Gasteiger charge is -2.06. The molecule has 21 heavy (non-hydrogen) atoms. The van der Waals surface area contributed by atoms with Crippen LogP contribution in [-0.2, 0) is 0 Å². The molecule has 1 N–H and O–H groups in total. The number of rotatable bonds is 3. The van der Waals surface area contributed by atoms with E-state index in [9.17, 15) is 29.8 Å². The molecule has 0 saturated heterocycles. The summed E-state index contributed by atoms with van der Waals surface area (Å²) in [4.78, 5) is 45.1. The van der Waals surface area contributed by atoms with Crippen LogP contribution in [0.3, 0.4) is 0 Å². The highest BCUT2D eigenvalue weighted by molar-refractivity contribution is 5.58. The summed E-state index contributed by atoms with van der Waals surface area (Å²) >= 11 is 0. The molecule has 10 heteroatoms. The number of nitrogens with zero attached hydrogens (tertiary/aromatic N) is 3. The highest BCUT2D eigenvalue weighted by Crippen LogP contribution is 2.26. The van der Waals surface area contributed by atoms with E-state index in [2.05, 4.69) is 0 Å². The Bertz CT molecular complexity index is 866. The molecule has 2 rings (SSSR count). The quantitative estimate of drug-likeness (QED) is 0.650. The van der Waals surface area contributed by atoms with Crippen LogP contribution < -0.4 is 11.2 Å². The Morgan fingerprint density at radius 3 is 2.38 bits per heavy atom. The molecule has 0 bridgehead atoms. The lowest BCUT2D eigenvalue weighted by Crippen LogP contribution is -2.30. The molecule has 2 aromatic rings. The number of aromatic nitrogens is 2. The van der Waals surface area contributed by atoms with Crippen LogP contribution in [0.5, 0.6) is 0 Å². The molecule has 0 saturated carbocycles. The van der Waals surface area contributed by atoms with Crippen molar-refractivity contribution in [3.8, 4) is 5.69 Å². The monoisotopic (exact) mass is 292 g/mol. The largest absolute Gasteiger partial charge is 0.333 e. The molecule has 0 aliphatic carbocycles. The number of nitro groups is 2. The molecule has 0 aliphatic rings. The molecule has 0 aliphatic heterocycles. The predicted molar refractivity (Wildman–Crippen MR) is 70.7 cm³/mol. The Balaban J connectivity index is 2.78. The van der Waals surface area contributed by atoms with Crippen molar-refractivity contribution in [2.24, 2.45) is 0 Å². The second-order valence-corrected chi connectivity index (χ2v) is 4.13. The van der Waals surface area contributed by atoms with E-state index in [1.807, 2.05) is 4.98 Å². The van der Waals surface area contributed by atoms with Crippen molar-refractivity contribution in [2.75, 3.05) is 0 Å². The first kappa shape index (κ1) is 14.1. The number of aromatic amines is 1. The third kappa shape index (κ3) is 2.54. The second kappa shape index (κ2) is 5.00. The third-order valence-corrected chi connectivity index (χ3v) is 2.75. The van der Waals surface area contributed by atoms with Gasteiger partial charge in [0.15, 0.2) is 0 Å². The van der Waals surface area contributed by atoms with Crippen LogP contribution in [0.25, 0.3) is 5.69 Å². The minimum Gasteiger partial charge on any atom is -0.273 e. The summed E-state index contributed by atoms with van der Waals surface area (Å²) in [6.07, 6.45) is 1.13. The normalized spacial score (nSPS) is 10.3. The van der Waals surface area contributed by atoms with Crippen LogP contribution in [0.1, 0.15) is 5.56 Å². The maximum atomic E-state index is 11.7. The van der Waals surface area contributed by atoms with Gasteiger partial charge in [-0.25, -0.2) is 4.79 Å². The summed E-state index contributed by atoms with van der Waals surface area (Å²) in [5.41, 5.74) is -2.57. The lowest BCUT2D eigenvalue weighted by molar-refractivity contribution is -0.394. The van der Waals surface area contributed by atoms with E-state index >= 15 is 0 Å². The number of nitro benzene ring substituents is 2. The third-order valence-electron chi connectivity index (χ3n) is 2.75. The molecular formula is C11H8N4O6. The first-order chi connectivity index (χ1) is 9.81. The molecule has 0 spiro atoms. The van der Waals surface area contributed by atoms with Gasteiger partial charge in [0.2, 0.25) is 0 Å². The highest BCUT2D eigenvalue weighted by Gasteiger charge is 2.21. The molecule has 1 aromatic carbocycles. The zero-order valence-corrected chi connectivity index (χ0v) is 10.6. The average molecular weight is 292 g/mol. The summed E-state index contributed by atoms with van der Waals surface area (Å²) in [5.74, 6) is 0. The Kier molecular flexibility index (Phi) is 3.36. The fourth-order valence-corrected chi connectivity index (χ4v) is 1.72. The van der Waals surface area contributed by atoms with E-state index in [1.165, 1.54) is 6.92 Å². The van der Waals surface area contributed by atoms with E-state index in [4.69, 9.17) is 0 Å². The predicted octanol–water partition coefficient (Wildman–Crippen LogP) is 0.651. The van der Waals surface area contributed by atoms with Gasteiger partial charge >= 0.3 is 5.69 Å². The zero-order chi connectivity index (χ0) is 15.7. The van der Waals surface area contributed by atoms with Gasteiger partial charge in [-0.1, -0.05) is 0 Å². The van der Waals surface area contributed by atoms with Crippen LogP contribution in [0.15, 0.2) is 34.0 Å². The zero-order valence-electron chi connectivity index (χ0n) is 10.6. The van der Waals surface area contributed by atoms with Crippen molar-refractivity contribution >= 4 is 11.4 Å². The van der Waals surface area contributed by atoms with Crippen molar-refractivity contribution in [1.29, 1.82) is 0 Å². The Hall–Kier alpha value is -3.30. The van der Waals surface area contributed by atoms with Crippen molar-refractivity contribution < 1.29 is 9.85 Å². The van der Waals surface area contributed by atoms with Crippen LogP contribution in [0.2, 0.25) is 0 Å². The SMILES string of the molecule is Cc1cn(-c2ccc([N+](=O)[O-])cc2[N+](=O)[O-])c(=O)[nH]c1=O. The number of aryl methyl sites for hydroxylation is 1. The Labute approximate surface area is 115 Å². The van der Waals surface area contributed by atoms with E-state index in [0.717, 1.165) is 29.0 Å². The maximum absolute atomic E-state index is 11.7. The molecule has 1 aromatic heterocycles. The number of nitrogens with one attached hydrogen (secondary N) is 1. The van der Waals surface area contributed by atoms with Crippen LogP contribution >= 0.6 is 0 Å². The van der Waals surface area contributed by atoms with Gasteiger partial charge in [-0.3, -0.25) is 34.6 Å². The lowest BCUT2D eigenvalue weighted by atomic mass is 10.2. The molecule has 1 heterocycles. The van der Waals surface area contributed by atoms with E-state index in [1.54, 1.807) is 0 Å². The van der Waals surface area contributed by atoms with Gasteiger partial charge in [0.05, 0.1) is 15.9 Å². The van der Waals surface area contributed by atoms with Gasteiger partial charge in [0, 0.05) is 17.8 Å². The van der Waals surface area contributed by atoms with Gasteiger partial charge < -0.3 is 0 Å². The molecule has 0 atom stereocenters. The Morgan fingerprint density at radius 1 is 1.14 bits per heavy atom. The summed E-state index contributed by atoms with van der Waals surface area (Å²) in [6.45, 7) is 1.42. The average Bonchev–Trinajstić information content (AvgIpc) is 2.42. The number of hydrogen-bond acceptors (Lipinski definition) is 6. The van der Waals surface area contributed by atoms with Gasteiger partial charge in [-0.05, 0) is 13.0 Å². The number of hydrogen-bond donors (Lipinski definition) is 1. The van der Waals surface area contributed by atoms with Gasteiger partial charge in [-0.15, -0.1) is 0 Å². The van der Waals surface area contributed by atoms with E-state index < -0.39 is 32.5 Å². The number of benzene rings is 1. The van der Waals surface area contributed by atoms with Gasteiger partial charge in [0.25, 0.3) is 16.9 Å². The fraction of sp³-hybridized carbons (Fsp3) is 0.0909. The minimum absolute atomic E-state index is 0.169. The maximum Gasteiger partial charge on any atom is 0.333 e. The van der Waals surface area contributed by atoms with Crippen molar-refractivity contribution in [1.82, 2.24) is 9.55 Å². The smallest absolute Gasteiger partial charge is 0.273 e. The van der Waals surface area contributed by atoms with Crippen molar-refractivity contribution in [3.63, 3.8) is 0 Å². The molecule has 0 unspecified atom stereocenters. The highest BCUT2D eigenvalue weighted by atomic mass is 16.6. The summed E-state index contributed by atoms with van der Waals surface area (Å²) in [7, 11) is 0. The number of non-ortho nitro benzene ring substituents is 1. The number of H-pyrrole nitrogens is 1.